The Balaban J connectivity index is 3.74. The van der Waals surface area contributed by atoms with Crippen LogP contribution >= 0.6 is 0 Å². The number of hydrogen-bond donors (Lipinski definition) is 4. The smallest absolute Gasteiger partial charge is 0.267 e. The fourth-order valence-corrected chi connectivity index (χ4v) is 6.07. The fourth-order valence-electron chi connectivity index (χ4n) is 5.48. The van der Waals surface area contributed by atoms with E-state index in [0.717, 1.165) is 19.3 Å². The third kappa shape index (κ3) is 24.5. The first kappa shape index (κ1) is 36.8. The summed E-state index contributed by atoms with van der Waals surface area (Å²) in [5.74, 6) is -0.719. The first-order valence-corrected chi connectivity index (χ1v) is 17.1. The van der Waals surface area contributed by atoms with Crippen LogP contribution in [0, 0.1) is 0 Å². The maximum absolute atomic E-state index is 11.1. The van der Waals surface area contributed by atoms with Crippen molar-refractivity contribution in [2.45, 2.75) is 141 Å². The van der Waals surface area contributed by atoms with E-state index in [1.54, 1.807) is 0 Å². The van der Waals surface area contributed by atoms with E-state index in [1.807, 2.05) is 0 Å². The van der Waals surface area contributed by atoms with Crippen LogP contribution in [0.25, 0.3) is 0 Å². The molecular weight excluding hydrogens is 490 g/mol. The zero-order valence-electron chi connectivity index (χ0n) is 24.1. The molecule has 4 N–H and O–H groups in total. The van der Waals surface area contributed by atoms with E-state index in [0.29, 0.717) is 19.6 Å². The molecule has 0 aliphatic heterocycles. The molecule has 1 atom stereocenters. The highest BCUT2D eigenvalue weighted by Gasteiger charge is 2.31. The third-order valence-electron chi connectivity index (χ3n) is 7.64. The number of hydrogen-bond acceptors (Lipinski definition) is 5. The lowest BCUT2D eigenvalue weighted by Gasteiger charge is -2.39. The highest BCUT2D eigenvalue weighted by molar-refractivity contribution is 7.85. The number of aliphatic hydroxyl groups is 3. The molecule has 0 aliphatic rings. The van der Waals surface area contributed by atoms with Crippen molar-refractivity contribution in [3.05, 3.63) is 0 Å². The monoisotopic (exact) mass is 552 g/mol. The molecular formula is C29H62NO6S+. The summed E-state index contributed by atoms with van der Waals surface area (Å²) >= 11 is 0. The largest absolute Gasteiger partial charge is 0.391 e. The van der Waals surface area contributed by atoms with E-state index < -0.39 is 22.0 Å². The van der Waals surface area contributed by atoms with Gasteiger partial charge >= 0.3 is 0 Å². The Morgan fingerprint density at radius 1 is 0.568 bits per heavy atom. The maximum atomic E-state index is 11.1. The Morgan fingerprint density at radius 2 is 0.892 bits per heavy atom. The average Bonchev–Trinajstić information content (AvgIpc) is 2.82. The number of quaternary nitrogens is 1. The second kappa shape index (κ2) is 24.8. The minimum atomic E-state index is -4.27. The van der Waals surface area contributed by atoms with Crippen LogP contribution < -0.4 is 0 Å². The van der Waals surface area contributed by atoms with Crippen molar-refractivity contribution in [1.82, 2.24) is 0 Å². The summed E-state index contributed by atoms with van der Waals surface area (Å²) in [4.78, 5) is 0. The van der Waals surface area contributed by atoms with Gasteiger partial charge in [-0.2, -0.15) is 8.42 Å². The zero-order valence-corrected chi connectivity index (χ0v) is 24.9. The van der Waals surface area contributed by atoms with E-state index >= 15 is 0 Å². The van der Waals surface area contributed by atoms with Gasteiger partial charge in [0.05, 0.1) is 19.8 Å². The molecule has 0 spiro atoms. The Kier molecular flexibility index (Phi) is 24.6. The molecule has 8 heteroatoms. The Morgan fingerprint density at radius 3 is 1.19 bits per heavy atom. The van der Waals surface area contributed by atoms with Crippen molar-refractivity contribution in [3.8, 4) is 0 Å². The first-order valence-electron chi connectivity index (χ1n) is 15.5. The summed E-state index contributed by atoms with van der Waals surface area (Å²) in [6.45, 7) is 3.54. The van der Waals surface area contributed by atoms with Crippen LogP contribution in [0.15, 0.2) is 0 Å². The van der Waals surface area contributed by atoms with Crippen LogP contribution in [0.5, 0.6) is 0 Å². The average molecular weight is 553 g/mol. The van der Waals surface area contributed by atoms with E-state index in [9.17, 15) is 23.7 Å². The summed E-state index contributed by atoms with van der Waals surface area (Å²) in [7, 11) is -4.27. The summed E-state index contributed by atoms with van der Waals surface area (Å²) in [6.07, 6.45) is 25.2. The molecule has 0 aromatic carbocycles. The quantitative estimate of drug-likeness (QED) is 0.0525. The Hall–Kier alpha value is -0.250. The molecule has 0 saturated heterocycles. The lowest BCUT2D eigenvalue weighted by atomic mass is 10.0. The number of unbranched alkanes of at least 4 members (excludes halogenated alkanes) is 19. The molecule has 0 rings (SSSR count). The SMILES string of the molecule is CCCCCCCCCCCCCCCCCCCCCC[N+](CCO)(CCO)CC(O)CS(=O)(=O)O. The van der Waals surface area contributed by atoms with Crippen molar-refractivity contribution < 1.29 is 32.8 Å². The number of rotatable bonds is 29. The molecule has 0 saturated carbocycles. The van der Waals surface area contributed by atoms with Gasteiger partial charge in [-0.25, -0.2) is 0 Å². The first-order chi connectivity index (χ1) is 17.8. The van der Waals surface area contributed by atoms with Crippen molar-refractivity contribution in [3.63, 3.8) is 0 Å². The normalized spacial score (nSPS) is 13.3. The van der Waals surface area contributed by atoms with Crippen LogP contribution in [0.2, 0.25) is 0 Å². The highest BCUT2D eigenvalue weighted by atomic mass is 32.2. The fraction of sp³-hybridized carbons (Fsp3) is 1.00. The summed E-state index contributed by atoms with van der Waals surface area (Å²) in [6, 6.07) is 0. The highest BCUT2D eigenvalue weighted by Crippen LogP contribution is 2.16. The molecule has 0 radical (unpaired) electrons. The molecule has 0 heterocycles. The number of aliphatic hydroxyl groups excluding tert-OH is 3. The molecule has 0 aromatic heterocycles. The summed E-state index contributed by atoms with van der Waals surface area (Å²) < 4.78 is 31.4. The second-order valence-electron chi connectivity index (χ2n) is 11.3. The standard InChI is InChI=1S/C29H61NO6S/c1-2-3-4-5-6-7-8-9-10-11-12-13-14-15-16-17-18-19-20-21-22-30(23-25-31,24-26-32)27-29(33)28-37(34,35)36/h29,31-33H,2-28H2,1H3/p+1. The number of nitrogens with zero attached hydrogens (tertiary/aromatic N) is 1. The lowest BCUT2D eigenvalue weighted by Crippen LogP contribution is -2.56. The van der Waals surface area contributed by atoms with Crippen molar-refractivity contribution in [2.75, 3.05) is 45.1 Å². The van der Waals surface area contributed by atoms with Gasteiger partial charge in [-0.05, 0) is 12.8 Å². The third-order valence-corrected chi connectivity index (χ3v) is 8.44. The van der Waals surface area contributed by atoms with Gasteiger partial charge in [0, 0.05) is 0 Å². The topological polar surface area (TPSA) is 115 Å². The zero-order chi connectivity index (χ0) is 27.7. The molecule has 0 aliphatic carbocycles. The van der Waals surface area contributed by atoms with Crippen LogP contribution in [-0.2, 0) is 10.1 Å². The molecule has 0 bridgehead atoms. The molecule has 0 aromatic rings. The van der Waals surface area contributed by atoms with Gasteiger partial charge in [-0.3, -0.25) is 4.55 Å². The lowest BCUT2D eigenvalue weighted by molar-refractivity contribution is -0.931. The van der Waals surface area contributed by atoms with E-state index in [-0.39, 0.29) is 24.2 Å². The van der Waals surface area contributed by atoms with Gasteiger partial charge in [-0.15, -0.1) is 0 Å². The van der Waals surface area contributed by atoms with Crippen molar-refractivity contribution in [2.24, 2.45) is 0 Å². The van der Waals surface area contributed by atoms with Crippen molar-refractivity contribution in [1.29, 1.82) is 0 Å². The van der Waals surface area contributed by atoms with Gasteiger partial charge in [0.25, 0.3) is 10.1 Å². The Bertz CT molecular complexity index is 581. The van der Waals surface area contributed by atoms with Crippen molar-refractivity contribution >= 4 is 10.1 Å². The van der Waals surface area contributed by atoms with Gasteiger partial charge < -0.3 is 19.8 Å². The molecule has 7 nitrogen and oxygen atoms in total. The van der Waals surface area contributed by atoms with Crippen LogP contribution in [-0.4, -0.2) is 84.0 Å². The van der Waals surface area contributed by atoms with Crippen LogP contribution in [0.1, 0.15) is 135 Å². The molecule has 0 fully saturated rings. The summed E-state index contributed by atoms with van der Waals surface area (Å²) in [5.41, 5.74) is 0. The van der Waals surface area contributed by atoms with Crippen LogP contribution in [0.4, 0.5) is 0 Å². The maximum Gasteiger partial charge on any atom is 0.267 e. The minimum absolute atomic E-state index is 0.0973. The summed E-state index contributed by atoms with van der Waals surface area (Å²) in [5, 5.41) is 29.1. The van der Waals surface area contributed by atoms with E-state index in [2.05, 4.69) is 6.92 Å². The molecule has 224 valence electrons. The molecule has 37 heavy (non-hydrogen) atoms. The van der Waals surface area contributed by atoms with Gasteiger partial charge in [0.1, 0.15) is 31.5 Å². The molecule has 1 unspecified atom stereocenters. The second-order valence-corrected chi connectivity index (χ2v) is 12.8. The predicted molar refractivity (Wildman–Crippen MR) is 154 cm³/mol. The van der Waals surface area contributed by atoms with E-state index in [1.165, 1.54) is 109 Å². The van der Waals surface area contributed by atoms with E-state index in [4.69, 9.17) is 4.55 Å². The van der Waals surface area contributed by atoms with Gasteiger partial charge in [0.15, 0.2) is 0 Å². The van der Waals surface area contributed by atoms with Gasteiger partial charge in [0.2, 0.25) is 0 Å². The van der Waals surface area contributed by atoms with Gasteiger partial charge in [-0.1, -0.05) is 122 Å². The predicted octanol–water partition coefficient (Wildman–Crippen LogP) is 5.86. The van der Waals surface area contributed by atoms with Crippen LogP contribution in [0.3, 0.4) is 0 Å². The molecule has 0 amide bonds. The minimum Gasteiger partial charge on any atom is -0.391 e. The Labute approximate surface area is 229 Å².